The number of carbonyl (C=O) groups excluding carboxylic acids is 1. The maximum atomic E-state index is 12.0. The minimum Gasteiger partial charge on any atom is -0.392 e. The van der Waals surface area contributed by atoms with E-state index in [-0.39, 0.29) is 17.2 Å². The van der Waals surface area contributed by atoms with Crippen LogP contribution < -0.4 is 5.32 Å². The van der Waals surface area contributed by atoms with E-state index in [4.69, 9.17) is 4.74 Å². The van der Waals surface area contributed by atoms with Gasteiger partial charge in [0.15, 0.2) is 0 Å². The summed E-state index contributed by atoms with van der Waals surface area (Å²) in [4.78, 5) is 16.2. The Bertz CT molecular complexity index is 443. The van der Waals surface area contributed by atoms with Crippen LogP contribution in [0.3, 0.4) is 0 Å². The molecule has 0 bridgehead atoms. The zero-order valence-electron chi connectivity index (χ0n) is 12.8. The van der Waals surface area contributed by atoms with E-state index < -0.39 is 6.10 Å². The van der Waals surface area contributed by atoms with E-state index in [1.807, 2.05) is 27.7 Å². The van der Waals surface area contributed by atoms with Crippen molar-refractivity contribution in [1.29, 1.82) is 0 Å². The maximum absolute atomic E-state index is 12.0. The lowest BCUT2D eigenvalue weighted by atomic mass is 9.80. The minimum absolute atomic E-state index is 0.148. The van der Waals surface area contributed by atoms with Crippen molar-refractivity contribution in [1.82, 2.24) is 10.3 Å². The van der Waals surface area contributed by atoms with Crippen molar-refractivity contribution < 1.29 is 14.6 Å². The van der Waals surface area contributed by atoms with Gasteiger partial charge in [0.05, 0.1) is 12.7 Å². The van der Waals surface area contributed by atoms with Crippen molar-refractivity contribution in [2.75, 3.05) is 13.7 Å². The highest BCUT2D eigenvalue weighted by atomic mass is 32.1. The highest BCUT2D eigenvalue weighted by Gasteiger charge is 2.30. The third-order valence-corrected chi connectivity index (χ3v) is 4.01. The van der Waals surface area contributed by atoms with Crippen LogP contribution in [0, 0.1) is 11.3 Å². The Balaban J connectivity index is 2.58. The number of nitrogens with one attached hydrogen (secondary N) is 1. The van der Waals surface area contributed by atoms with Crippen molar-refractivity contribution in [2.24, 2.45) is 11.3 Å². The normalized spacial score (nSPS) is 13.6. The second kappa shape index (κ2) is 7.15. The van der Waals surface area contributed by atoms with Crippen LogP contribution in [0.4, 0.5) is 0 Å². The number of hydrogen-bond donors (Lipinski definition) is 2. The van der Waals surface area contributed by atoms with Crippen LogP contribution in [0.25, 0.3) is 0 Å². The van der Waals surface area contributed by atoms with Crippen LogP contribution >= 0.6 is 11.3 Å². The molecule has 1 aromatic rings. The lowest BCUT2D eigenvalue weighted by Gasteiger charge is -2.33. The van der Waals surface area contributed by atoms with E-state index >= 15 is 0 Å². The van der Waals surface area contributed by atoms with Gasteiger partial charge in [-0.15, -0.1) is 11.3 Å². The Morgan fingerprint density at radius 2 is 2.20 bits per heavy atom. The van der Waals surface area contributed by atoms with Crippen molar-refractivity contribution in [3.63, 3.8) is 0 Å². The first-order chi connectivity index (χ1) is 9.27. The number of amides is 1. The topological polar surface area (TPSA) is 71.5 Å². The molecule has 6 heteroatoms. The molecule has 1 unspecified atom stereocenters. The number of methoxy groups -OCH3 is 1. The van der Waals surface area contributed by atoms with Gasteiger partial charge in [-0.25, -0.2) is 4.98 Å². The van der Waals surface area contributed by atoms with Gasteiger partial charge in [-0.05, 0) is 5.92 Å². The van der Waals surface area contributed by atoms with Crippen molar-refractivity contribution in [3.05, 3.63) is 16.1 Å². The Morgan fingerprint density at radius 3 is 2.75 bits per heavy atom. The molecule has 0 aromatic carbocycles. The molecule has 0 saturated heterocycles. The van der Waals surface area contributed by atoms with Gasteiger partial charge in [0.2, 0.25) is 0 Å². The van der Waals surface area contributed by atoms with E-state index in [9.17, 15) is 9.90 Å². The van der Waals surface area contributed by atoms with Gasteiger partial charge >= 0.3 is 0 Å². The van der Waals surface area contributed by atoms with Crippen LogP contribution in [-0.2, 0) is 11.3 Å². The van der Waals surface area contributed by atoms with E-state index in [1.54, 1.807) is 12.5 Å². The van der Waals surface area contributed by atoms with Gasteiger partial charge in [0.1, 0.15) is 10.7 Å². The molecule has 1 atom stereocenters. The molecule has 1 heterocycles. The summed E-state index contributed by atoms with van der Waals surface area (Å²) in [6.45, 7) is 8.62. The largest absolute Gasteiger partial charge is 0.392 e. The Labute approximate surface area is 124 Å². The molecule has 5 nitrogen and oxygen atoms in total. The highest BCUT2D eigenvalue weighted by Crippen LogP contribution is 2.25. The standard InChI is InChI=1S/C14H24N2O3S/c1-9(2)12(17)14(3,4)8-15-13(18)10-7-20-11(16-10)6-19-5/h7,9,12,17H,6,8H2,1-5H3,(H,15,18). The summed E-state index contributed by atoms with van der Waals surface area (Å²) < 4.78 is 4.98. The number of carbonyl (C=O) groups is 1. The molecular formula is C14H24N2O3S. The minimum atomic E-state index is -0.470. The van der Waals surface area contributed by atoms with Crippen molar-refractivity contribution in [2.45, 2.75) is 40.4 Å². The van der Waals surface area contributed by atoms with Crippen molar-refractivity contribution in [3.8, 4) is 0 Å². The van der Waals surface area contributed by atoms with Crippen LogP contribution in [0.5, 0.6) is 0 Å². The third kappa shape index (κ3) is 4.54. The zero-order chi connectivity index (χ0) is 15.3. The number of rotatable bonds is 7. The average Bonchev–Trinajstić information content (AvgIpc) is 2.84. The molecule has 2 N–H and O–H groups in total. The fourth-order valence-electron chi connectivity index (χ4n) is 2.01. The number of ether oxygens (including phenoxy) is 1. The van der Waals surface area contributed by atoms with Gasteiger partial charge < -0.3 is 15.2 Å². The first-order valence-electron chi connectivity index (χ1n) is 6.67. The highest BCUT2D eigenvalue weighted by molar-refractivity contribution is 7.09. The van der Waals surface area contributed by atoms with Crippen LogP contribution in [-0.4, -0.2) is 35.8 Å². The second-order valence-electron chi connectivity index (χ2n) is 5.92. The molecule has 1 aromatic heterocycles. The van der Waals surface area contributed by atoms with Crippen LogP contribution in [0.1, 0.15) is 43.2 Å². The fourth-order valence-corrected chi connectivity index (χ4v) is 2.75. The molecule has 20 heavy (non-hydrogen) atoms. The van der Waals surface area contributed by atoms with Gasteiger partial charge in [-0.1, -0.05) is 27.7 Å². The molecular weight excluding hydrogens is 276 g/mol. The SMILES string of the molecule is COCc1nc(C(=O)NCC(C)(C)C(O)C(C)C)cs1. The van der Waals surface area contributed by atoms with Gasteiger partial charge in [0.25, 0.3) is 5.91 Å². The number of thiazole rings is 1. The van der Waals surface area contributed by atoms with E-state index in [0.717, 1.165) is 5.01 Å². The number of aliphatic hydroxyl groups excluding tert-OH is 1. The van der Waals surface area contributed by atoms with E-state index in [0.29, 0.717) is 18.8 Å². The number of nitrogens with zero attached hydrogens (tertiary/aromatic N) is 1. The Hall–Kier alpha value is -0.980. The molecule has 0 aliphatic heterocycles. The monoisotopic (exact) mass is 300 g/mol. The molecule has 0 aliphatic rings. The smallest absolute Gasteiger partial charge is 0.270 e. The quantitative estimate of drug-likeness (QED) is 0.808. The first kappa shape index (κ1) is 17.1. The first-order valence-corrected chi connectivity index (χ1v) is 7.55. The second-order valence-corrected chi connectivity index (χ2v) is 6.86. The van der Waals surface area contributed by atoms with Crippen LogP contribution in [0.15, 0.2) is 5.38 Å². The summed E-state index contributed by atoms with van der Waals surface area (Å²) in [5.74, 6) is -0.0675. The Morgan fingerprint density at radius 1 is 1.55 bits per heavy atom. The van der Waals surface area contributed by atoms with E-state index in [1.165, 1.54) is 11.3 Å². The molecule has 0 saturated carbocycles. The summed E-state index contributed by atoms with van der Waals surface area (Å²) >= 11 is 1.40. The zero-order valence-corrected chi connectivity index (χ0v) is 13.6. The average molecular weight is 300 g/mol. The predicted molar refractivity (Wildman–Crippen MR) is 79.8 cm³/mol. The summed E-state index contributed by atoms with van der Waals surface area (Å²) in [7, 11) is 1.59. The van der Waals surface area contributed by atoms with Gasteiger partial charge in [0, 0.05) is 24.4 Å². The fraction of sp³-hybridized carbons (Fsp3) is 0.714. The summed E-state index contributed by atoms with van der Waals surface area (Å²) in [5, 5.41) is 15.5. The lowest BCUT2D eigenvalue weighted by molar-refractivity contribution is 0.0138. The van der Waals surface area contributed by atoms with Gasteiger partial charge in [-0.3, -0.25) is 4.79 Å². The maximum Gasteiger partial charge on any atom is 0.270 e. The molecule has 0 fully saturated rings. The lowest BCUT2D eigenvalue weighted by Crippen LogP contribution is -2.43. The molecule has 0 spiro atoms. The van der Waals surface area contributed by atoms with Crippen molar-refractivity contribution >= 4 is 17.2 Å². The summed E-state index contributed by atoms with van der Waals surface area (Å²) in [6, 6.07) is 0. The molecule has 1 rings (SSSR count). The summed E-state index contributed by atoms with van der Waals surface area (Å²) in [6.07, 6.45) is -0.470. The number of aliphatic hydroxyl groups is 1. The number of hydrogen-bond acceptors (Lipinski definition) is 5. The van der Waals surface area contributed by atoms with Gasteiger partial charge in [-0.2, -0.15) is 0 Å². The predicted octanol–water partition coefficient (Wildman–Crippen LogP) is 2.06. The number of aromatic nitrogens is 1. The van der Waals surface area contributed by atoms with Crippen LogP contribution in [0.2, 0.25) is 0 Å². The Kier molecular flexibility index (Phi) is 6.10. The molecule has 0 radical (unpaired) electrons. The molecule has 114 valence electrons. The van der Waals surface area contributed by atoms with E-state index in [2.05, 4.69) is 10.3 Å². The third-order valence-electron chi connectivity index (χ3n) is 3.19. The molecule has 1 amide bonds. The summed E-state index contributed by atoms with van der Waals surface area (Å²) in [5.41, 5.74) is 0.0201. The molecule has 0 aliphatic carbocycles.